The quantitative estimate of drug-likeness (QED) is 0.476. The molecular weight excluding hydrogens is 246 g/mol. The minimum Gasteiger partial charge on any atom is -0.371 e. The van der Waals surface area contributed by atoms with Gasteiger partial charge in [-0.05, 0) is 23.1 Å². The van der Waals surface area contributed by atoms with Gasteiger partial charge in [-0.15, -0.1) is 0 Å². The molecule has 0 saturated carbocycles. The fraction of sp³-hybridized carbons (Fsp3) is 0.300. The standard InChI is InChI=1S/C10H8ClN3O3/c11-6-1-2-9-8(3-6)10(14(15)16)12-13(9)4-7-5-17-7/h1-3,7H,4-5H2/t7-/m0/s1. The molecule has 2 aromatic rings. The highest BCUT2D eigenvalue weighted by Gasteiger charge is 2.28. The Kier molecular flexibility index (Phi) is 2.27. The Balaban J connectivity index is 2.18. The Morgan fingerprint density at radius 2 is 2.41 bits per heavy atom. The number of rotatable bonds is 3. The third-order valence-corrected chi connectivity index (χ3v) is 2.88. The van der Waals surface area contributed by atoms with Crippen LogP contribution < -0.4 is 0 Å². The molecule has 0 spiro atoms. The summed E-state index contributed by atoms with van der Waals surface area (Å²) in [5.74, 6) is -0.164. The Labute approximate surface area is 101 Å². The fourth-order valence-electron chi connectivity index (χ4n) is 1.77. The highest BCUT2D eigenvalue weighted by molar-refractivity contribution is 6.31. The molecule has 1 aliphatic rings. The van der Waals surface area contributed by atoms with E-state index in [-0.39, 0.29) is 11.9 Å². The van der Waals surface area contributed by atoms with Crippen molar-refractivity contribution in [3.8, 4) is 0 Å². The van der Waals surface area contributed by atoms with Crippen molar-refractivity contribution < 1.29 is 9.66 Å². The van der Waals surface area contributed by atoms with Crippen molar-refractivity contribution in [2.45, 2.75) is 12.6 Å². The lowest BCUT2D eigenvalue weighted by Crippen LogP contribution is -2.05. The van der Waals surface area contributed by atoms with Crippen molar-refractivity contribution in [3.63, 3.8) is 0 Å². The number of hydrogen-bond donors (Lipinski definition) is 0. The van der Waals surface area contributed by atoms with Gasteiger partial charge in [-0.1, -0.05) is 11.6 Å². The summed E-state index contributed by atoms with van der Waals surface area (Å²) in [5.41, 5.74) is 0.705. The summed E-state index contributed by atoms with van der Waals surface area (Å²) >= 11 is 5.84. The van der Waals surface area contributed by atoms with Crippen LogP contribution in [0.25, 0.3) is 10.9 Å². The van der Waals surface area contributed by atoms with Crippen molar-refractivity contribution in [1.82, 2.24) is 9.78 Å². The van der Waals surface area contributed by atoms with E-state index in [4.69, 9.17) is 16.3 Å². The Morgan fingerprint density at radius 3 is 3.06 bits per heavy atom. The van der Waals surface area contributed by atoms with Crippen molar-refractivity contribution in [3.05, 3.63) is 33.3 Å². The van der Waals surface area contributed by atoms with Crippen molar-refractivity contribution >= 4 is 28.3 Å². The summed E-state index contributed by atoms with van der Waals surface area (Å²) < 4.78 is 6.70. The van der Waals surface area contributed by atoms with E-state index in [1.165, 1.54) is 0 Å². The van der Waals surface area contributed by atoms with Gasteiger partial charge in [0.2, 0.25) is 0 Å². The molecule has 1 saturated heterocycles. The molecule has 0 unspecified atom stereocenters. The zero-order chi connectivity index (χ0) is 12.0. The van der Waals surface area contributed by atoms with Gasteiger partial charge < -0.3 is 14.9 Å². The number of hydrogen-bond acceptors (Lipinski definition) is 4. The van der Waals surface area contributed by atoms with Gasteiger partial charge in [-0.25, -0.2) is 0 Å². The number of halogens is 1. The van der Waals surface area contributed by atoms with Gasteiger partial charge in [0.1, 0.15) is 11.5 Å². The Bertz CT molecular complexity index is 606. The molecule has 6 nitrogen and oxygen atoms in total. The van der Waals surface area contributed by atoms with Crippen molar-refractivity contribution in [2.75, 3.05) is 6.61 Å². The number of benzene rings is 1. The largest absolute Gasteiger partial charge is 0.397 e. The van der Waals surface area contributed by atoms with Crippen LogP contribution >= 0.6 is 11.6 Å². The van der Waals surface area contributed by atoms with Crippen molar-refractivity contribution in [1.29, 1.82) is 0 Å². The first-order valence-corrected chi connectivity index (χ1v) is 5.45. The molecule has 0 amide bonds. The SMILES string of the molecule is O=[N+]([O-])c1nn(C[C@H]2CO2)c2ccc(Cl)cc12. The van der Waals surface area contributed by atoms with E-state index >= 15 is 0 Å². The first-order chi connectivity index (χ1) is 8.15. The molecule has 0 aliphatic carbocycles. The lowest BCUT2D eigenvalue weighted by atomic mass is 10.2. The van der Waals surface area contributed by atoms with Crippen LogP contribution in [0.2, 0.25) is 5.02 Å². The molecule has 88 valence electrons. The van der Waals surface area contributed by atoms with E-state index in [0.29, 0.717) is 29.1 Å². The zero-order valence-corrected chi connectivity index (χ0v) is 9.42. The smallest absolute Gasteiger partial charge is 0.371 e. The zero-order valence-electron chi connectivity index (χ0n) is 8.67. The third-order valence-electron chi connectivity index (χ3n) is 2.64. The normalized spacial score (nSPS) is 18.5. The first-order valence-electron chi connectivity index (χ1n) is 5.07. The maximum Gasteiger partial charge on any atom is 0.397 e. The molecule has 1 fully saturated rings. The maximum absolute atomic E-state index is 10.9. The maximum atomic E-state index is 10.9. The topological polar surface area (TPSA) is 73.5 Å². The Hall–Kier alpha value is -1.66. The van der Waals surface area contributed by atoms with E-state index in [9.17, 15) is 10.1 Å². The summed E-state index contributed by atoms with van der Waals surface area (Å²) in [6.45, 7) is 1.22. The molecule has 1 atom stereocenters. The fourth-order valence-corrected chi connectivity index (χ4v) is 1.95. The minimum atomic E-state index is -0.497. The molecule has 0 radical (unpaired) electrons. The summed E-state index contributed by atoms with van der Waals surface area (Å²) in [4.78, 5) is 10.4. The van der Waals surface area contributed by atoms with Crippen LogP contribution in [0.4, 0.5) is 5.82 Å². The summed E-state index contributed by atoms with van der Waals surface area (Å²) in [6, 6.07) is 4.99. The van der Waals surface area contributed by atoms with Crippen LogP contribution in [-0.2, 0) is 11.3 Å². The van der Waals surface area contributed by atoms with Gasteiger partial charge in [-0.3, -0.25) is 0 Å². The van der Waals surface area contributed by atoms with E-state index < -0.39 is 4.92 Å². The second-order valence-corrected chi connectivity index (χ2v) is 4.32. The molecule has 1 aliphatic heterocycles. The molecule has 0 bridgehead atoms. The second kappa shape index (κ2) is 3.68. The van der Waals surface area contributed by atoms with E-state index in [0.717, 1.165) is 0 Å². The molecular formula is C10H8ClN3O3. The van der Waals surface area contributed by atoms with Gasteiger partial charge in [-0.2, -0.15) is 4.68 Å². The van der Waals surface area contributed by atoms with Crippen LogP contribution in [-0.4, -0.2) is 27.4 Å². The lowest BCUT2D eigenvalue weighted by Gasteiger charge is -1.94. The van der Waals surface area contributed by atoms with Crippen LogP contribution in [0.3, 0.4) is 0 Å². The van der Waals surface area contributed by atoms with E-state index in [2.05, 4.69) is 5.10 Å². The molecule has 2 heterocycles. The van der Waals surface area contributed by atoms with Crippen LogP contribution in [0.15, 0.2) is 18.2 Å². The number of fused-ring (bicyclic) bond motifs is 1. The molecule has 1 aromatic carbocycles. The number of ether oxygens (including phenoxy) is 1. The first kappa shape index (κ1) is 10.5. The molecule has 17 heavy (non-hydrogen) atoms. The highest BCUT2D eigenvalue weighted by Crippen LogP contribution is 2.28. The highest BCUT2D eigenvalue weighted by atomic mass is 35.5. The molecule has 7 heteroatoms. The third kappa shape index (κ3) is 1.85. The minimum absolute atomic E-state index is 0.119. The summed E-state index contributed by atoms with van der Waals surface area (Å²) in [5, 5.41) is 15.8. The van der Waals surface area contributed by atoms with Crippen LogP contribution in [0.5, 0.6) is 0 Å². The molecule has 1 aromatic heterocycles. The van der Waals surface area contributed by atoms with Gasteiger partial charge in [0.25, 0.3) is 0 Å². The van der Waals surface area contributed by atoms with Gasteiger partial charge in [0.05, 0.1) is 23.8 Å². The van der Waals surface area contributed by atoms with E-state index in [1.807, 2.05) is 0 Å². The van der Waals surface area contributed by atoms with Gasteiger partial charge in [0, 0.05) is 5.02 Å². The van der Waals surface area contributed by atoms with Gasteiger partial charge >= 0.3 is 5.82 Å². The number of nitro groups is 1. The van der Waals surface area contributed by atoms with Gasteiger partial charge in [0.15, 0.2) is 0 Å². The monoisotopic (exact) mass is 253 g/mol. The second-order valence-electron chi connectivity index (χ2n) is 3.88. The van der Waals surface area contributed by atoms with Crippen molar-refractivity contribution in [2.24, 2.45) is 0 Å². The van der Waals surface area contributed by atoms with Crippen LogP contribution in [0, 0.1) is 10.1 Å². The predicted octanol–water partition coefficient (Wildman–Crippen LogP) is 2.00. The summed E-state index contributed by atoms with van der Waals surface area (Å²) in [6.07, 6.45) is 0.119. The average Bonchev–Trinajstić information content (AvgIpc) is 3.00. The average molecular weight is 254 g/mol. The number of nitrogens with zero attached hydrogens (tertiary/aromatic N) is 3. The molecule has 3 rings (SSSR count). The van der Waals surface area contributed by atoms with E-state index in [1.54, 1.807) is 22.9 Å². The van der Waals surface area contributed by atoms with Crippen LogP contribution in [0.1, 0.15) is 0 Å². The Morgan fingerprint density at radius 1 is 1.65 bits per heavy atom. The lowest BCUT2D eigenvalue weighted by molar-refractivity contribution is -0.388. The number of aromatic nitrogens is 2. The summed E-state index contributed by atoms with van der Waals surface area (Å²) in [7, 11) is 0. The molecule has 0 N–H and O–H groups in total. The number of epoxide rings is 1. The predicted molar refractivity (Wildman–Crippen MR) is 61.1 cm³/mol.